The smallest absolute Gasteiger partial charge is 0.131 e. The van der Waals surface area contributed by atoms with Crippen molar-refractivity contribution in [3.05, 3.63) is 115 Å². The summed E-state index contributed by atoms with van der Waals surface area (Å²) in [6, 6.07) is 41.9. The van der Waals surface area contributed by atoms with Crippen LogP contribution in [0.3, 0.4) is 0 Å². The van der Waals surface area contributed by atoms with Crippen LogP contribution in [0.4, 0.5) is 0 Å². The molecule has 5 aromatic carbocycles. The minimum absolute atomic E-state index is 1.18. The molecule has 9 rings (SSSR count). The standard InChI is InChI=1S/C32H19N3/c1-5-13-25-21(9-1)22-10-2-6-14-26(22)33(25)20-17-18-29-30(19-20)35-28-16-8-4-12-24(28)31-23-11-3-7-15-27(23)34(29)32(31)35/h1-19H. The number of nitrogens with zero attached hydrogens (tertiary/aromatic N) is 3. The second-order valence-corrected chi connectivity index (χ2v) is 9.45. The molecule has 0 fully saturated rings. The van der Waals surface area contributed by atoms with Crippen molar-refractivity contribution in [2.45, 2.75) is 0 Å². The summed E-state index contributed by atoms with van der Waals surface area (Å²) in [5, 5.41) is 6.54. The van der Waals surface area contributed by atoms with E-state index in [2.05, 4.69) is 129 Å². The molecule has 0 saturated heterocycles. The molecule has 0 atom stereocenters. The molecule has 0 amide bonds. The van der Waals surface area contributed by atoms with E-state index in [1.54, 1.807) is 0 Å². The van der Waals surface area contributed by atoms with Gasteiger partial charge in [-0.3, -0.25) is 8.80 Å². The van der Waals surface area contributed by atoms with Crippen LogP contribution in [0.25, 0.3) is 71.4 Å². The van der Waals surface area contributed by atoms with E-state index >= 15 is 0 Å². The third-order valence-electron chi connectivity index (χ3n) is 7.75. The fourth-order valence-electron chi connectivity index (χ4n) is 6.41. The van der Waals surface area contributed by atoms with Gasteiger partial charge >= 0.3 is 0 Å². The van der Waals surface area contributed by atoms with Gasteiger partial charge in [-0.05, 0) is 42.5 Å². The maximum absolute atomic E-state index is 2.46. The third-order valence-corrected chi connectivity index (χ3v) is 7.75. The summed E-state index contributed by atoms with van der Waals surface area (Å²) in [6.45, 7) is 0. The Morgan fingerprint density at radius 1 is 0.371 bits per heavy atom. The molecule has 3 heteroatoms. The van der Waals surface area contributed by atoms with Crippen molar-refractivity contribution in [3.63, 3.8) is 0 Å². The number of fused-ring (bicyclic) bond motifs is 12. The normalized spacial score (nSPS) is 12.6. The van der Waals surface area contributed by atoms with E-state index in [9.17, 15) is 0 Å². The van der Waals surface area contributed by atoms with E-state index in [-0.39, 0.29) is 0 Å². The van der Waals surface area contributed by atoms with Gasteiger partial charge in [-0.1, -0.05) is 72.8 Å². The highest BCUT2D eigenvalue weighted by Gasteiger charge is 2.22. The zero-order valence-electron chi connectivity index (χ0n) is 18.8. The quantitative estimate of drug-likeness (QED) is 0.242. The van der Waals surface area contributed by atoms with Gasteiger partial charge in [0.05, 0.1) is 33.1 Å². The van der Waals surface area contributed by atoms with Gasteiger partial charge in [0.2, 0.25) is 0 Å². The van der Waals surface area contributed by atoms with Crippen molar-refractivity contribution < 1.29 is 0 Å². The average Bonchev–Trinajstić information content (AvgIpc) is 3.62. The Bertz CT molecular complexity index is 2210. The lowest BCUT2D eigenvalue weighted by atomic mass is 10.1. The van der Waals surface area contributed by atoms with E-state index in [1.807, 2.05) is 0 Å². The minimum Gasteiger partial charge on any atom is -0.309 e. The van der Waals surface area contributed by atoms with Crippen LogP contribution in [0, 0.1) is 0 Å². The van der Waals surface area contributed by atoms with Crippen LogP contribution in [0.1, 0.15) is 0 Å². The maximum Gasteiger partial charge on any atom is 0.131 e. The van der Waals surface area contributed by atoms with Gasteiger partial charge in [-0.15, -0.1) is 0 Å². The SMILES string of the molecule is c1ccc2c(c1)c1ccccc1n2-c1ccc2c(c1)n1c3ccccc3c3c4ccccc4n2c31. The summed E-state index contributed by atoms with van der Waals surface area (Å²) in [7, 11) is 0. The molecule has 0 radical (unpaired) electrons. The summed E-state index contributed by atoms with van der Waals surface area (Å²) >= 11 is 0. The second kappa shape index (κ2) is 6.02. The Morgan fingerprint density at radius 3 is 1.46 bits per heavy atom. The molecule has 0 bridgehead atoms. The fraction of sp³-hybridized carbons (Fsp3) is 0. The van der Waals surface area contributed by atoms with Crippen LogP contribution >= 0.6 is 0 Å². The Hall–Kier alpha value is -4.76. The molecular weight excluding hydrogens is 426 g/mol. The monoisotopic (exact) mass is 445 g/mol. The van der Waals surface area contributed by atoms with Gasteiger partial charge in [-0.2, -0.15) is 0 Å². The van der Waals surface area contributed by atoms with Crippen LogP contribution in [-0.4, -0.2) is 13.4 Å². The van der Waals surface area contributed by atoms with Crippen molar-refractivity contribution in [1.82, 2.24) is 13.4 Å². The van der Waals surface area contributed by atoms with Gasteiger partial charge < -0.3 is 4.57 Å². The van der Waals surface area contributed by atoms with Crippen LogP contribution in [-0.2, 0) is 0 Å². The van der Waals surface area contributed by atoms with Crippen molar-refractivity contribution in [3.8, 4) is 5.69 Å². The lowest BCUT2D eigenvalue weighted by molar-refractivity contribution is 1.18. The summed E-state index contributed by atoms with van der Waals surface area (Å²) in [5.74, 6) is 0. The lowest BCUT2D eigenvalue weighted by Gasteiger charge is -2.08. The van der Waals surface area contributed by atoms with Gasteiger partial charge in [0.15, 0.2) is 0 Å². The highest BCUT2D eigenvalue weighted by Crippen LogP contribution is 2.41. The third kappa shape index (κ3) is 2.00. The number of hydrogen-bond acceptors (Lipinski definition) is 0. The highest BCUT2D eigenvalue weighted by atomic mass is 15.1. The van der Waals surface area contributed by atoms with E-state index in [1.165, 1.54) is 71.4 Å². The van der Waals surface area contributed by atoms with E-state index < -0.39 is 0 Å². The maximum atomic E-state index is 2.46. The second-order valence-electron chi connectivity index (χ2n) is 9.45. The highest BCUT2D eigenvalue weighted by molar-refractivity contribution is 6.24. The zero-order chi connectivity index (χ0) is 22.7. The molecule has 4 heterocycles. The molecule has 0 N–H and O–H groups in total. The molecule has 0 aliphatic carbocycles. The molecular formula is C32H19N3. The Kier molecular flexibility index (Phi) is 3.04. The number of para-hydroxylation sites is 4. The first-order valence-electron chi connectivity index (χ1n) is 12.1. The molecule has 0 unspecified atom stereocenters. The molecule has 0 aliphatic rings. The average molecular weight is 446 g/mol. The molecule has 0 aliphatic heterocycles. The van der Waals surface area contributed by atoms with Gasteiger partial charge in [0, 0.05) is 32.6 Å². The molecule has 9 aromatic rings. The van der Waals surface area contributed by atoms with E-state index in [0.29, 0.717) is 0 Å². The molecule has 162 valence electrons. The number of benzene rings is 5. The van der Waals surface area contributed by atoms with Gasteiger partial charge in [-0.25, -0.2) is 0 Å². The Morgan fingerprint density at radius 2 is 0.857 bits per heavy atom. The van der Waals surface area contributed by atoms with Gasteiger partial charge in [0.1, 0.15) is 5.65 Å². The summed E-state index contributed by atoms with van der Waals surface area (Å²) in [4.78, 5) is 0. The minimum atomic E-state index is 1.18. The molecule has 0 saturated carbocycles. The molecule has 35 heavy (non-hydrogen) atoms. The molecule has 0 spiro atoms. The van der Waals surface area contributed by atoms with Crippen molar-refractivity contribution in [1.29, 1.82) is 0 Å². The van der Waals surface area contributed by atoms with Crippen molar-refractivity contribution in [2.75, 3.05) is 0 Å². The largest absolute Gasteiger partial charge is 0.309 e. The molecule has 4 aromatic heterocycles. The van der Waals surface area contributed by atoms with Gasteiger partial charge in [0.25, 0.3) is 0 Å². The van der Waals surface area contributed by atoms with Crippen LogP contribution < -0.4 is 0 Å². The predicted octanol–water partition coefficient (Wildman–Crippen LogP) is 8.19. The number of imidazole rings is 1. The Labute approximate surface area is 200 Å². The van der Waals surface area contributed by atoms with Crippen LogP contribution in [0.15, 0.2) is 115 Å². The lowest BCUT2D eigenvalue weighted by Crippen LogP contribution is -1.94. The summed E-state index contributed by atoms with van der Waals surface area (Å²) < 4.78 is 7.30. The summed E-state index contributed by atoms with van der Waals surface area (Å²) in [6.07, 6.45) is 0. The number of rotatable bonds is 1. The first-order valence-corrected chi connectivity index (χ1v) is 12.1. The fourth-order valence-corrected chi connectivity index (χ4v) is 6.41. The molecule has 3 nitrogen and oxygen atoms in total. The first-order chi connectivity index (χ1) is 17.4. The van der Waals surface area contributed by atoms with Crippen LogP contribution in [0.5, 0.6) is 0 Å². The number of aromatic nitrogens is 3. The van der Waals surface area contributed by atoms with Crippen molar-refractivity contribution in [2.24, 2.45) is 0 Å². The topological polar surface area (TPSA) is 13.8 Å². The van der Waals surface area contributed by atoms with Crippen LogP contribution in [0.2, 0.25) is 0 Å². The van der Waals surface area contributed by atoms with E-state index in [4.69, 9.17) is 0 Å². The van der Waals surface area contributed by atoms with Crippen molar-refractivity contribution >= 4 is 65.7 Å². The number of hydrogen-bond donors (Lipinski definition) is 0. The Balaban J connectivity index is 1.50. The zero-order valence-corrected chi connectivity index (χ0v) is 18.8. The predicted molar refractivity (Wildman–Crippen MR) is 146 cm³/mol. The first kappa shape index (κ1) is 17.7. The summed E-state index contributed by atoms with van der Waals surface area (Å²) in [5.41, 5.74) is 9.91. The van der Waals surface area contributed by atoms with E-state index in [0.717, 1.165) is 0 Å².